The zero-order chi connectivity index (χ0) is 5.70. The Morgan fingerprint density at radius 3 is 2.29 bits per heavy atom. The second-order valence-corrected chi connectivity index (χ2v) is 1.84. The molecule has 0 heterocycles. The van der Waals surface area contributed by atoms with E-state index in [-0.39, 0.29) is 0 Å². The fourth-order valence-electron chi connectivity index (χ4n) is 0.508. The Labute approximate surface area is 46.9 Å². The average molecular weight is 98.2 g/mol. The van der Waals surface area contributed by atoms with Gasteiger partial charge in [-0.2, -0.15) is 0 Å². The van der Waals surface area contributed by atoms with E-state index in [0.29, 0.717) is 5.92 Å². The molecule has 0 heteroatoms. The zero-order valence-corrected chi connectivity index (χ0v) is 5.44. The predicted molar refractivity (Wildman–Crippen MR) is 33.7 cm³/mol. The van der Waals surface area contributed by atoms with Crippen molar-refractivity contribution in [3.63, 3.8) is 0 Å². The molecule has 0 aliphatic rings. The Morgan fingerprint density at radius 1 is 1.57 bits per heavy atom. The standard InChI is InChI=1S/C7H14/c1-4-6-7(3)5-2/h5-7H,4H2,1-3H3. The van der Waals surface area contributed by atoms with E-state index in [1.807, 2.05) is 0 Å². The van der Waals surface area contributed by atoms with Crippen LogP contribution in [0.5, 0.6) is 0 Å². The van der Waals surface area contributed by atoms with Crippen LogP contribution in [0.1, 0.15) is 27.2 Å². The quantitative estimate of drug-likeness (QED) is 0.508. The van der Waals surface area contributed by atoms with Gasteiger partial charge in [-0.3, -0.25) is 0 Å². The van der Waals surface area contributed by atoms with Crippen molar-refractivity contribution in [2.24, 2.45) is 5.92 Å². The first-order chi connectivity index (χ1) is 3.31. The molecule has 0 saturated heterocycles. The van der Waals surface area contributed by atoms with Gasteiger partial charge in [0, 0.05) is 0 Å². The van der Waals surface area contributed by atoms with Crippen LogP contribution in [0.4, 0.5) is 0 Å². The highest BCUT2D eigenvalue weighted by atomic mass is 14.0. The van der Waals surface area contributed by atoms with Crippen LogP contribution < -0.4 is 0 Å². The first-order valence-corrected chi connectivity index (χ1v) is 2.94. The summed E-state index contributed by atoms with van der Waals surface area (Å²) in [6, 6.07) is 0. The van der Waals surface area contributed by atoms with Crippen LogP contribution in [0.15, 0.2) is 0 Å². The molecule has 0 rings (SSSR count). The smallest absolute Gasteiger partial charge is 0.0357 e. The Bertz CT molecular complexity index is 31.0. The summed E-state index contributed by atoms with van der Waals surface area (Å²) in [5.74, 6) is 0.699. The van der Waals surface area contributed by atoms with Crippen molar-refractivity contribution in [2.75, 3.05) is 0 Å². The third-order valence-electron chi connectivity index (χ3n) is 1.13. The van der Waals surface area contributed by atoms with E-state index in [0.717, 1.165) is 0 Å². The topological polar surface area (TPSA) is 0 Å². The minimum absolute atomic E-state index is 0.699. The SMILES string of the molecule is C[CH]C(C)[CH]CC. The largest absolute Gasteiger partial charge is 0.0651 e. The van der Waals surface area contributed by atoms with Gasteiger partial charge >= 0.3 is 0 Å². The van der Waals surface area contributed by atoms with E-state index >= 15 is 0 Å². The highest BCUT2D eigenvalue weighted by Gasteiger charge is 1.93. The molecule has 0 amide bonds. The zero-order valence-electron chi connectivity index (χ0n) is 5.44. The van der Waals surface area contributed by atoms with E-state index in [1.54, 1.807) is 0 Å². The highest BCUT2D eigenvalue weighted by Crippen LogP contribution is 2.04. The molecule has 0 aliphatic heterocycles. The molecule has 0 fully saturated rings. The molecule has 0 aromatic heterocycles. The molecule has 0 nitrogen and oxygen atoms in total. The summed E-state index contributed by atoms with van der Waals surface area (Å²) < 4.78 is 0. The molecule has 7 heavy (non-hydrogen) atoms. The van der Waals surface area contributed by atoms with Crippen molar-refractivity contribution < 1.29 is 0 Å². The van der Waals surface area contributed by atoms with Crippen LogP contribution in [0.3, 0.4) is 0 Å². The lowest BCUT2D eigenvalue weighted by Gasteiger charge is -2.01. The van der Waals surface area contributed by atoms with Crippen molar-refractivity contribution in [3.8, 4) is 0 Å². The first kappa shape index (κ1) is 7.00. The lowest BCUT2D eigenvalue weighted by Crippen LogP contribution is -1.90. The van der Waals surface area contributed by atoms with E-state index in [2.05, 4.69) is 33.6 Å². The Balaban J connectivity index is 2.83. The third kappa shape index (κ3) is 3.84. The lowest BCUT2D eigenvalue weighted by molar-refractivity contribution is 0.745. The Kier molecular flexibility index (Phi) is 4.17. The van der Waals surface area contributed by atoms with Gasteiger partial charge in [0.05, 0.1) is 0 Å². The van der Waals surface area contributed by atoms with Gasteiger partial charge in [0.1, 0.15) is 0 Å². The Morgan fingerprint density at radius 2 is 2.14 bits per heavy atom. The number of hydrogen-bond acceptors (Lipinski definition) is 0. The van der Waals surface area contributed by atoms with Gasteiger partial charge in [0.15, 0.2) is 0 Å². The molecule has 0 aliphatic carbocycles. The maximum absolute atomic E-state index is 2.29. The predicted octanol–water partition coefficient (Wildman–Crippen LogP) is 2.46. The van der Waals surface area contributed by atoms with Gasteiger partial charge in [0.2, 0.25) is 0 Å². The molecule has 0 aromatic carbocycles. The number of rotatable bonds is 3. The average Bonchev–Trinajstić information content (AvgIpc) is 1.68. The van der Waals surface area contributed by atoms with Gasteiger partial charge in [-0.15, -0.1) is 0 Å². The van der Waals surface area contributed by atoms with Crippen molar-refractivity contribution >= 4 is 0 Å². The monoisotopic (exact) mass is 98.1 g/mol. The van der Waals surface area contributed by atoms with Gasteiger partial charge in [0.25, 0.3) is 0 Å². The third-order valence-corrected chi connectivity index (χ3v) is 1.13. The molecular weight excluding hydrogens is 84.1 g/mol. The van der Waals surface area contributed by atoms with Crippen molar-refractivity contribution in [1.82, 2.24) is 0 Å². The molecular formula is C7H14. The normalized spacial score (nSPS) is 14.1. The summed E-state index contributed by atoms with van der Waals surface area (Å²) >= 11 is 0. The van der Waals surface area contributed by atoms with Crippen molar-refractivity contribution in [2.45, 2.75) is 27.2 Å². The maximum Gasteiger partial charge on any atom is -0.0357 e. The minimum Gasteiger partial charge on any atom is -0.0651 e. The molecule has 42 valence electrons. The van der Waals surface area contributed by atoms with Crippen molar-refractivity contribution in [1.29, 1.82) is 0 Å². The summed E-state index contributed by atoms with van der Waals surface area (Å²) in [7, 11) is 0. The molecule has 1 atom stereocenters. The lowest BCUT2D eigenvalue weighted by atomic mass is 10.0. The van der Waals surface area contributed by atoms with E-state index in [9.17, 15) is 0 Å². The van der Waals surface area contributed by atoms with E-state index in [4.69, 9.17) is 0 Å². The molecule has 0 bridgehead atoms. The summed E-state index contributed by atoms with van der Waals surface area (Å²) in [6.45, 7) is 6.46. The van der Waals surface area contributed by atoms with E-state index in [1.165, 1.54) is 6.42 Å². The fraction of sp³-hybridized carbons (Fsp3) is 0.714. The summed E-state index contributed by atoms with van der Waals surface area (Å²) in [4.78, 5) is 0. The summed E-state index contributed by atoms with van der Waals surface area (Å²) in [6.07, 6.45) is 5.68. The number of hydrogen-bond donors (Lipinski definition) is 0. The first-order valence-electron chi connectivity index (χ1n) is 2.94. The molecule has 1 unspecified atom stereocenters. The van der Waals surface area contributed by atoms with Crippen LogP contribution >= 0.6 is 0 Å². The van der Waals surface area contributed by atoms with Crippen LogP contribution in [0, 0.1) is 18.8 Å². The highest BCUT2D eigenvalue weighted by molar-refractivity contribution is 4.79. The van der Waals surface area contributed by atoms with Gasteiger partial charge in [-0.05, 0) is 18.8 Å². The van der Waals surface area contributed by atoms with Gasteiger partial charge < -0.3 is 0 Å². The Hall–Kier alpha value is 0. The summed E-state index contributed by atoms with van der Waals surface area (Å²) in [5.41, 5.74) is 0. The van der Waals surface area contributed by atoms with Crippen LogP contribution in [-0.4, -0.2) is 0 Å². The molecule has 0 saturated carbocycles. The van der Waals surface area contributed by atoms with Gasteiger partial charge in [-0.25, -0.2) is 0 Å². The maximum atomic E-state index is 2.29. The molecule has 0 spiro atoms. The molecule has 0 N–H and O–H groups in total. The molecule has 0 aromatic rings. The van der Waals surface area contributed by atoms with Crippen LogP contribution in [0.2, 0.25) is 0 Å². The van der Waals surface area contributed by atoms with Gasteiger partial charge in [-0.1, -0.05) is 27.2 Å². The van der Waals surface area contributed by atoms with Crippen LogP contribution in [0.25, 0.3) is 0 Å². The van der Waals surface area contributed by atoms with E-state index < -0.39 is 0 Å². The fourth-order valence-corrected chi connectivity index (χ4v) is 0.508. The second kappa shape index (κ2) is 4.17. The van der Waals surface area contributed by atoms with Crippen molar-refractivity contribution in [3.05, 3.63) is 12.8 Å². The minimum atomic E-state index is 0.699. The molecule has 2 radical (unpaired) electrons. The second-order valence-electron chi connectivity index (χ2n) is 1.84. The van der Waals surface area contributed by atoms with Crippen LogP contribution in [-0.2, 0) is 0 Å². The summed E-state index contributed by atoms with van der Waals surface area (Å²) in [5, 5.41) is 0.